The molecule has 19 heavy (non-hydrogen) atoms. The van der Waals surface area contributed by atoms with Crippen LogP contribution in [0.3, 0.4) is 0 Å². The summed E-state index contributed by atoms with van der Waals surface area (Å²) in [6.45, 7) is 6.42. The van der Waals surface area contributed by atoms with E-state index in [0.29, 0.717) is 13.2 Å². The summed E-state index contributed by atoms with van der Waals surface area (Å²) >= 11 is 0. The molecular formula is C13H26N2O4. The van der Waals surface area contributed by atoms with Crippen LogP contribution in [0.5, 0.6) is 0 Å². The average molecular weight is 274 g/mol. The van der Waals surface area contributed by atoms with E-state index < -0.39 is 0 Å². The number of nitrogens with zero attached hydrogens (tertiary/aromatic N) is 2. The van der Waals surface area contributed by atoms with Gasteiger partial charge in [0, 0.05) is 27.7 Å². The number of hydrogen-bond donors (Lipinski definition) is 0. The monoisotopic (exact) mass is 274 g/mol. The Balaban J connectivity index is 4.47. The highest BCUT2D eigenvalue weighted by atomic mass is 16.5. The highest BCUT2D eigenvalue weighted by Gasteiger charge is 2.20. The number of carbonyl (C=O) groups excluding carboxylic acids is 2. The Labute approximate surface area is 115 Å². The topological polar surface area (TPSA) is 59.1 Å². The van der Waals surface area contributed by atoms with Crippen molar-refractivity contribution in [1.82, 2.24) is 9.80 Å². The molecule has 0 rings (SSSR count). The fourth-order valence-corrected chi connectivity index (χ4v) is 1.17. The van der Waals surface area contributed by atoms with Crippen LogP contribution in [0.15, 0.2) is 0 Å². The van der Waals surface area contributed by atoms with Crippen molar-refractivity contribution in [2.75, 3.05) is 47.5 Å². The minimum absolute atomic E-state index is 0.0338. The molecule has 0 bridgehead atoms. The molecule has 6 heteroatoms. The molecule has 0 aliphatic carbocycles. The van der Waals surface area contributed by atoms with E-state index in [0.717, 1.165) is 0 Å². The molecule has 0 aromatic rings. The van der Waals surface area contributed by atoms with Crippen LogP contribution in [0.4, 0.5) is 0 Å². The smallest absolute Gasteiger partial charge is 0.249 e. The van der Waals surface area contributed by atoms with Crippen molar-refractivity contribution in [3.63, 3.8) is 0 Å². The van der Waals surface area contributed by atoms with Gasteiger partial charge in [-0.2, -0.15) is 0 Å². The minimum Gasteiger partial charge on any atom is -0.383 e. The van der Waals surface area contributed by atoms with Gasteiger partial charge in [0.2, 0.25) is 11.8 Å². The molecule has 0 fully saturated rings. The number of amides is 2. The van der Waals surface area contributed by atoms with Crippen LogP contribution in [0.2, 0.25) is 0 Å². The van der Waals surface area contributed by atoms with Crippen LogP contribution in [0.25, 0.3) is 0 Å². The maximum atomic E-state index is 12.0. The molecule has 0 aromatic carbocycles. The van der Waals surface area contributed by atoms with Crippen molar-refractivity contribution >= 4 is 11.8 Å². The van der Waals surface area contributed by atoms with Gasteiger partial charge in [-0.15, -0.1) is 0 Å². The summed E-state index contributed by atoms with van der Waals surface area (Å²) in [5.41, 5.74) is -0.381. The lowest BCUT2D eigenvalue weighted by Gasteiger charge is -2.26. The van der Waals surface area contributed by atoms with E-state index in [1.807, 2.05) is 20.8 Å². The average Bonchev–Trinajstić information content (AvgIpc) is 2.29. The van der Waals surface area contributed by atoms with Gasteiger partial charge in [-0.3, -0.25) is 9.59 Å². The van der Waals surface area contributed by atoms with Crippen LogP contribution < -0.4 is 0 Å². The van der Waals surface area contributed by atoms with E-state index in [2.05, 4.69) is 0 Å². The second kappa shape index (κ2) is 8.12. The number of rotatable bonds is 7. The van der Waals surface area contributed by atoms with Gasteiger partial charge >= 0.3 is 0 Å². The largest absolute Gasteiger partial charge is 0.383 e. The lowest BCUT2D eigenvalue weighted by atomic mass is 10.2. The van der Waals surface area contributed by atoms with E-state index >= 15 is 0 Å². The molecule has 6 nitrogen and oxygen atoms in total. The van der Waals surface area contributed by atoms with Crippen LogP contribution in [-0.2, 0) is 19.1 Å². The third-order valence-electron chi connectivity index (χ3n) is 2.37. The summed E-state index contributed by atoms with van der Waals surface area (Å²) in [6.07, 6.45) is 0. The molecule has 0 spiro atoms. The summed E-state index contributed by atoms with van der Waals surface area (Å²) in [7, 11) is 4.88. The third kappa shape index (κ3) is 8.56. The van der Waals surface area contributed by atoms with Gasteiger partial charge in [-0.05, 0) is 20.8 Å². The van der Waals surface area contributed by atoms with Gasteiger partial charge in [0.1, 0.15) is 6.61 Å². The van der Waals surface area contributed by atoms with Crippen LogP contribution in [0.1, 0.15) is 20.8 Å². The Bertz CT molecular complexity index is 298. The fraction of sp³-hybridized carbons (Fsp3) is 0.846. The quantitative estimate of drug-likeness (QED) is 0.673. The van der Waals surface area contributed by atoms with Gasteiger partial charge in [0.15, 0.2) is 0 Å². The second-order valence-electron chi connectivity index (χ2n) is 5.50. The molecule has 0 radical (unpaired) electrons. The first-order valence-corrected chi connectivity index (χ1v) is 6.28. The predicted molar refractivity (Wildman–Crippen MR) is 72.9 cm³/mol. The normalized spacial score (nSPS) is 11.3. The molecule has 0 N–H and O–H groups in total. The molecular weight excluding hydrogens is 248 g/mol. The first-order valence-electron chi connectivity index (χ1n) is 6.28. The number of likely N-dealkylation sites (N-methyl/N-ethyl adjacent to an activating group) is 1. The lowest BCUT2D eigenvalue weighted by Crippen LogP contribution is -2.44. The van der Waals surface area contributed by atoms with E-state index in [1.54, 1.807) is 21.2 Å². The molecule has 0 heterocycles. The zero-order valence-corrected chi connectivity index (χ0v) is 12.9. The first kappa shape index (κ1) is 17.9. The van der Waals surface area contributed by atoms with Crippen LogP contribution in [-0.4, -0.2) is 74.7 Å². The Morgan fingerprint density at radius 3 is 2.11 bits per heavy atom. The van der Waals surface area contributed by atoms with Crippen molar-refractivity contribution < 1.29 is 19.1 Å². The Kier molecular flexibility index (Phi) is 7.63. The van der Waals surface area contributed by atoms with E-state index in [9.17, 15) is 9.59 Å². The molecule has 0 saturated carbocycles. The SMILES string of the molecule is COCCN(CC(=O)N(C)C)C(=O)COC(C)(C)C. The van der Waals surface area contributed by atoms with Crippen LogP contribution >= 0.6 is 0 Å². The second-order valence-corrected chi connectivity index (χ2v) is 5.50. The van der Waals surface area contributed by atoms with E-state index in [-0.39, 0.29) is 30.6 Å². The highest BCUT2D eigenvalue weighted by molar-refractivity contribution is 5.85. The van der Waals surface area contributed by atoms with Crippen molar-refractivity contribution in [2.45, 2.75) is 26.4 Å². The Hall–Kier alpha value is -1.14. The predicted octanol–water partition coefficient (Wildman–Crippen LogP) is 0.365. The third-order valence-corrected chi connectivity index (χ3v) is 2.37. The van der Waals surface area contributed by atoms with Crippen LogP contribution in [0, 0.1) is 0 Å². The molecule has 112 valence electrons. The zero-order chi connectivity index (χ0) is 15.1. The van der Waals surface area contributed by atoms with Gasteiger partial charge in [-0.25, -0.2) is 0 Å². The summed E-state index contributed by atoms with van der Waals surface area (Å²) < 4.78 is 10.4. The highest BCUT2D eigenvalue weighted by Crippen LogP contribution is 2.07. The zero-order valence-electron chi connectivity index (χ0n) is 12.9. The Morgan fingerprint density at radius 2 is 1.68 bits per heavy atom. The summed E-state index contributed by atoms with van der Waals surface area (Å²) in [6, 6.07) is 0. The lowest BCUT2D eigenvalue weighted by molar-refractivity contribution is -0.146. The summed E-state index contributed by atoms with van der Waals surface area (Å²) in [5, 5.41) is 0. The molecule has 0 aromatic heterocycles. The first-order chi connectivity index (χ1) is 8.67. The summed E-state index contributed by atoms with van der Waals surface area (Å²) in [4.78, 5) is 26.6. The number of hydrogen-bond acceptors (Lipinski definition) is 4. The van der Waals surface area contributed by atoms with E-state index in [4.69, 9.17) is 9.47 Å². The number of methoxy groups -OCH3 is 1. The maximum absolute atomic E-state index is 12.0. The standard InChI is InChI=1S/C13H26N2O4/c1-13(2,3)19-10-12(17)15(7-8-18-6)9-11(16)14(4)5/h7-10H2,1-6H3. The van der Waals surface area contributed by atoms with E-state index in [1.165, 1.54) is 9.80 Å². The molecule has 0 unspecified atom stereocenters. The van der Waals surface area contributed by atoms with Crippen molar-refractivity contribution in [3.8, 4) is 0 Å². The molecule has 0 aliphatic heterocycles. The van der Waals surface area contributed by atoms with Gasteiger partial charge in [0.05, 0.1) is 18.8 Å². The molecule has 0 aliphatic rings. The molecule has 0 atom stereocenters. The Morgan fingerprint density at radius 1 is 1.11 bits per heavy atom. The van der Waals surface area contributed by atoms with Gasteiger partial charge in [0.25, 0.3) is 0 Å². The summed E-state index contributed by atoms with van der Waals surface area (Å²) in [5.74, 6) is -0.331. The minimum atomic E-state index is -0.381. The van der Waals surface area contributed by atoms with Gasteiger partial charge in [-0.1, -0.05) is 0 Å². The maximum Gasteiger partial charge on any atom is 0.249 e. The fourth-order valence-electron chi connectivity index (χ4n) is 1.17. The number of ether oxygens (including phenoxy) is 2. The van der Waals surface area contributed by atoms with Crippen molar-refractivity contribution in [1.29, 1.82) is 0 Å². The number of carbonyl (C=O) groups is 2. The van der Waals surface area contributed by atoms with Crippen molar-refractivity contribution in [3.05, 3.63) is 0 Å². The molecule has 0 saturated heterocycles. The molecule has 2 amide bonds. The van der Waals surface area contributed by atoms with Gasteiger partial charge < -0.3 is 19.3 Å². The van der Waals surface area contributed by atoms with Crippen molar-refractivity contribution in [2.24, 2.45) is 0 Å².